The summed E-state index contributed by atoms with van der Waals surface area (Å²) in [6.07, 6.45) is 0. The minimum absolute atomic E-state index is 0.0920. The number of hydrogen-bond donors (Lipinski definition) is 1. The van der Waals surface area contributed by atoms with Crippen LogP contribution in [0.3, 0.4) is 0 Å². The molecule has 0 radical (unpaired) electrons. The maximum atomic E-state index is 14.0. The quantitative estimate of drug-likeness (QED) is 0.825. The van der Waals surface area contributed by atoms with E-state index in [2.05, 4.69) is 5.10 Å². The zero-order valence-electron chi connectivity index (χ0n) is 11.0. The van der Waals surface area contributed by atoms with Crippen LogP contribution < -0.4 is 0 Å². The largest absolute Gasteiger partial charge is 0.481 e. The van der Waals surface area contributed by atoms with E-state index < -0.39 is 11.8 Å². The molecule has 1 aromatic carbocycles. The van der Waals surface area contributed by atoms with E-state index in [9.17, 15) is 9.18 Å². The molecule has 0 bridgehead atoms. The molecule has 0 unspecified atom stereocenters. The van der Waals surface area contributed by atoms with Crippen LogP contribution in [-0.4, -0.2) is 33.7 Å². The van der Waals surface area contributed by atoms with Crippen molar-refractivity contribution >= 4 is 29.3 Å². The SMILES string of the molecule is COCc1cc(SCC(=O)O)n(-c2c(F)cccc2Cl)n1. The number of para-hydroxylation sites is 1. The van der Waals surface area contributed by atoms with Gasteiger partial charge in [0.2, 0.25) is 0 Å². The van der Waals surface area contributed by atoms with E-state index in [-0.39, 0.29) is 23.1 Å². The number of carboxylic acid groups (broad SMARTS) is 1. The predicted octanol–water partition coefficient (Wildman–Crippen LogP) is 2.99. The van der Waals surface area contributed by atoms with E-state index in [4.69, 9.17) is 21.4 Å². The van der Waals surface area contributed by atoms with Crippen molar-refractivity contribution in [1.29, 1.82) is 0 Å². The number of thioether (sulfide) groups is 1. The summed E-state index contributed by atoms with van der Waals surface area (Å²) in [6.45, 7) is 0.236. The third-order valence-electron chi connectivity index (χ3n) is 2.51. The Labute approximate surface area is 129 Å². The molecule has 1 aromatic heterocycles. The summed E-state index contributed by atoms with van der Waals surface area (Å²) in [5, 5.41) is 13.7. The number of methoxy groups -OCH3 is 1. The molecule has 0 saturated carbocycles. The van der Waals surface area contributed by atoms with Crippen molar-refractivity contribution in [3.05, 3.63) is 40.8 Å². The summed E-state index contributed by atoms with van der Waals surface area (Å²) in [6, 6.07) is 5.96. The van der Waals surface area contributed by atoms with Crippen LogP contribution in [0.5, 0.6) is 0 Å². The minimum atomic E-state index is -0.972. The highest BCUT2D eigenvalue weighted by Crippen LogP contribution is 2.29. The monoisotopic (exact) mass is 330 g/mol. The van der Waals surface area contributed by atoms with E-state index in [1.165, 1.54) is 23.9 Å². The van der Waals surface area contributed by atoms with Gasteiger partial charge in [-0.15, -0.1) is 0 Å². The van der Waals surface area contributed by atoms with Crippen molar-refractivity contribution < 1.29 is 19.0 Å². The summed E-state index contributed by atoms with van der Waals surface area (Å²) < 4.78 is 20.3. The van der Waals surface area contributed by atoms with Gasteiger partial charge in [0.15, 0.2) is 0 Å². The van der Waals surface area contributed by atoms with Gasteiger partial charge < -0.3 is 9.84 Å². The Morgan fingerprint density at radius 2 is 2.33 bits per heavy atom. The third kappa shape index (κ3) is 3.75. The number of hydrogen-bond acceptors (Lipinski definition) is 4. The van der Waals surface area contributed by atoms with Gasteiger partial charge in [-0.05, 0) is 18.2 Å². The van der Waals surface area contributed by atoms with Gasteiger partial charge in [0.25, 0.3) is 0 Å². The molecule has 1 heterocycles. The van der Waals surface area contributed by atoms with Crippen LogP contribution in [0.15, 0.2) is 29.3 Å². The Hall–Kier alpha value is -1.57. The lowest BCUT2D eigenvalue weighted by Gasteiger charge is -2.09. The molecule has 0 aliphatic carbocycles. The number of benzene rings is 1. The first-order valence-electron chi connectivity index (χ1n) is 5.89. The van der Waals surface area contributed by atoms with Crippen molar-refractivity contribution in [3.63, 3.8) is 0 Å². The van der Waals surface area contributed by atoms with Crippen molar-refractivity contribution in [3.8, 4) is 5.69 Å². The van der Waals surface area contributed by atoms with E-state index >= 15 is 0 Å². The predicted molar refractivity (Wildman–Crippen MR) is 77.6 cm³/mol. The number of carbonyl (C=O) groups is 1. The Bertz CT molecular complexity index is 643. The number of nitrogens with zero attached hydrogens (tertiary/aromatic N) is 2. The highest BCUT2D eigenvalue weighted by Gasteiger charge is 2.17. The average molecular weight is 331 g/mol. The normalized spacial score (nSPS) is 10.8. The summed E-state index contributed by atoms with van der Waals surface area (Å²) in [5.41, 5.74) is 0.652. The van der Waals surface area contributed by atoms with E-state index in [1.807, 2.05) is 0 Å². The van der Waals surface area contributed by atoms with Crippen LogP contribution in [0.25, 0.3) is 5.69 Å². The molecule has 2 rings (SSSR count). The Balaban J connectivity index is 2.47. The lowest BCUT2D eigenvalue weighted by atomic mass is 10.3. The Kier molecular flexibility index (Phi) is 5.22. The second-order valence-electron chi connectivity index (χ2n) is 4.07. The van der Waals surface area contributed by atoms with Gasteiger partial charge in [0.1, 0.15) is 16.5 Å². The number of aromatic nitrogens is 2. The molecular weight excluding hydrogens is 319 g/mol. The molecule has 21 heavy (non-hydrogen) atoms. The molecular formula is C13H12ClFN2O3S. The average Bonchev–Trinajstić information content (AvgIpc) is 2.79. The molecule has 5 nitrogen and oxygen atoms in total. The zero-order chi connectivity index (χ0) is 15.4. The highest BCUT2D eigenvalue weighted by atomic mass is 35.5. The lowest BCUT2D eigenvalue weighted by Crippen LogP contribution is -2.05. The maximum Gasteiger partial charge on any atom is 0.313 e. The van der Waals surface area contributed by atoms with Crippen LogP contribution in [0.2, 0.25) is 5.02 Å². The summed E-state index contributed by atoms with van der Waals surface area (Å²) in [4.78, 5) is 10.7. The second-order valence-corrected chi connectivity index (χ2v) is 5.47. The first-order valence-corrected chi connectivity index (χ1v) is 7.26. The second kappa shape index (κ2) is 6.93. The number of aliphatic carboxylic acids is 1. The van der Waals surface area contributed by atoms with E-state index in [1.54, 1.807) is 12.1 Å². The van der Waals surface area contributed by atoms with E-state index in [0.717, 1.165) is 11.8 Å². The van der Waals surface area contributed by atoms with Gasteiger partial charge in [-0.2, -0.15) is 5.10 Å². The van der Waals surface area contributed by atoms with Gasteiger partial charge >= 0.3 is 5.97 Å². The van der Waals surface area contributed by atoms with Crippen LogP contribution in [-0.2, 0) is 16.1 Å². The molecule has 8 heteroatoms. The molecule has 0 aliphatic rings. The molecule has 0 fully saturated rings. The molecule has 0 amide bonds. The van der Waals surface area contributed by atoms with Crippen LogP contribution >= 0.6 is 23.4 Å². The van der Waals surface area contributed by atoms with Gasteiger partial charge in [0.05, 0.1) is 23.1 Å². The molecule has 0 atom stereocenters. The molecule has 2 aromatic rings. The van der Waals surface area contributed by atoms with Gasteiger partial charge in [-0.3, -0.25) is 4.79 Å². The van der Waals surface area contributed by atoms with Gasteiger partial charge in [-0.25, -0.2) is 9.07 Å². The number of carboxylic acids is 1. The minimum Gasteiger partial charge on any atom is -0.481 e. The molecule has 1 N–H and O–H groups in total. The van der Waals surface area contributed by atoms with Crippen LogP contribution in [0.4, 0.5) is 4.39 Å². The van der Waals surface area contributed by atoms with Crippen molar-refractivity contribution in [2.45, 2.75) is 11.6 Å². The fourth-order valence-corrected chi connectivity index (χ4v) is 2.71. The fourth-order valence-electron chi connectivity index (χ4n) is 1.72. The smallest absolute Gasteiger partial charge is 0.313 e. The summed E-state index contributed by atoms with van der Waals surface area (Å²) in [5.74, 6) is -1.67. The topological polar surface area (TPSA) is 64.3 Å². The van der Waals surface area contributed by atoms with Crippen LogP contribution in [0, 0.1) is 5.82 Å². The fraction of sp³-hybridized carbons (Fsp3) is 0.231. The maximum absolute atomic E-state index is 14.0. The third-order valence-corrected chi connectivity index (χ3v) is 3.80. The first-order chi connectivity index (χ1) is 10.0. The lowest BCUT2D eigenvalue weighted by molar-refractivity contribution is -0.133. The number of rotatable bonds is 6. The van der Waals surface area contributed by atoms with E-state index in [0.29, 0.717) is 10.7 Å². The molecule has 0 spiro atoms. The van der Waals surface area contributed by atoms with Gasteiger partial charge in [0, 0.05) is 7.11 Å². The van der Waals surface area contributed by atoms with Crippen molar-refractivity contribution in [2.24, 2.45) is 0 Å². The first kappa shape index (κ1) is 15.8. The number of ether oxygens (including phenoxy) is 1. The Morgan fingerprint density at radius 3 is 2.95 bits per heavy atom. The summed E-state index contributed by atoms with van der Waals surface area (Å²) in [7, 11) is 1.51. The zero-order valence-corrected chi connectivity index (χ0v) is 12.6. The molecule has 0 aliphatic heterocycles. The number of halogens is 2. The van der Waals surface area contributed by atoms with Gasteiger partial charge in [-0.1, -0.05) is 29.4 Å². The van der Waals surface area contributed by atoms with Crippen LogP contribution in [0.1, 0.15) is 5.69 Å². The standard InChI is InChI=1S/C13H12ClFN2O3S/c1-20-6-8-5-11(21-7-12(18)19)17(16-8)13-9(14)3-2-4-10(13)15/h2-5H,6-7H2,1H3,(H,18,19). The Morgan fingerprint density at radius 1 is 1.57 bits per heavy atom. The molecule has 0 saturated heterocycles. The highest BCUT2D eigenvalue weighted by molar-refractivity contribution is 7.99. The summed E-state index contributed by atoms with van der Waals surface area (Å²) >= 11 is 7.06. The molecule has 112 valence electrons. The van der Waals surface area contributed by atoms with Crippen molar-refractivity contribution in [1.82, 2.24) is 9.78 Å². The van der Waals surface area contributed by atoms with Crippen molar-refractivity contribution in [2.75, 3.05) is 12.9 Å².